The minimum Gasteiger partial charge on any atom is -0.477 e. The number of carboxylic acid groups (broad SMARTS) is 2. The van der Waals surface area contributed by atoms with Gasteiger partial charge in [0.25, 0.3) is 0 Å². The third-order valence-electron chi connectivity index (χ3n) is 3.41. The van der Waals surface area contributed by atoms with Crippen molar-refractivity contribution in [1.29, 1.82) is 0 Å². The van der Waals surface area contributed by atoms with Gasteiger partial charge >= 0.3 is 11.9 Å². The lowest BCUT2D eigenvalue weighted by atomic mass is 10.2. The summed E-state index contributed by atoms with van der Waals surface area (Å²) in [6.07, 6.45) is 9.26. The van der Waals surface area contributed by atoms with E-state index in [1.165, 1.54) is 22.3 Å². The molecule has 4 nitrogen and oxygen atoms in total. The Labute approximate surface area is 167 Å². The second kappa shape index (κ2) is 8.77. The largest absolute Gasteiger partial charge is 0.477 e. The third kappa shape index (κ3) is 5.37. The Kier molecular flexibility index (Phi) is 6.18. The highest BCUT2D eigenvalue weighted by molar-refractivity contribution is 7.14. The molecule has 136 valence electrons. The lowest BCUT2D eigenvalue weighted by Crippen LogP contribution is -2.10. The maximum atomic E-state index is 10.9. The van der Waals surface area contributed by atoms with Crippen LogP contribution in [-0.2, 0) is 9.59 Å². The van der Waals surface area contributed by atoms with E-state index in [2.05, 4.69) is 24.3 Å². The molecule has 0 bridgehead atoms. The van der Waals surface area contributed by atoms with E-state index in [4.69, 9.17) is 10.2 Å². The first-order valence-corrected chi connectivity index (χ1v) is 10.3. The van der Waals surface area contributed by atoms with Crippen molar-refractivity contribution >= 4 is 76.3 Å². The van der Waals surface area contributed by atoms with E-state index in [1.54, 1.807) is 28.7 Å². The van der Waals surface area contributed by atoms with Crippen LogP contribution in [0, 0.1) is 0 Å². The minimum atomic E-state index is -1.45. The summed E-state index contributed by atoms with van der Waals surface area (Å²) in [5.41, 5.74) is -0.646. The summed E-state index contributed by atoms with van der Waals surface area (Å²) in [6.45, 7) is 0. The molecule has 2 N–H and O–H groups in total. The second-order valence-electron chi connectivity index (χ2n) is 5.33. The van der Waals surface area contributed by atoms with Crippen LogP contribution in [0.2, 0.25) is 0 Å². The summed E-state index contributed by atoms with van der Waals surface area (Å²) in [6, 6.07) is 11.7. The van der Waals surface area contributed by atoms with Crippen LogP contribution in [0.5, 0.6) is 0 Å². The van der Waals surface area contributed by atoms with Gasteiger partial charge in [-0.3, -0.25) is 0 Å². The summed E-state index contributed by atoms with van der Waals surface area (Å²) in [7, 11) is 0. The average Bonchev–Trinajstić information content (AvgIpc) is 3.37. The van der Waals surface area contributed by atoms with Crippen LogP contribution in [0.3, 0.4) is 0 Å². The normalized spacial score (nSPS) is 11.3. The minimum absolute atomic E-state index is 0.584. The molecule has 0 unspecified atom stereocenters. The molecule has 0 amide bonds. The molecule has 0 atom stereocenters. The summed E-state index contributed by atoms with van der Waals surface area (Å²) in [5.74, 6) is -2.90. The molecule has 3 heterocycles. The fourth-order valence-electron chi connectivity index (χ4n) is 2.15. The standard InChI is InChI=1S/C20H14O4S3/c21-19(22)18(20(23)24)12-17-10-9-16(27-17)8-7-15-6-5-14(26-15)4-3-13-2-1-11-25-13/h1-12H,(H,21,22)(H,23,24)/b4-3+,8-7+. The predicted molar refractivity (Wildman–Crippen MR) is 114 cm³/mol. The summed E-state index contributed by atoms with van der Waals surface area (Å²) >= 11 is 4.69. The topological polar surface area (TPSA) is 74.6 Å². The first-order chi connectivity index (χ1) is 13.0. The lowest BCUT2D eigenvalue weighted by molar-refractivity contribution is -0.139. The van der Waals surface area contributed by atoms with Crippen molar-refractivity contribution in [3.63, 3.8) is 0 Å². The molecule has 3 aromatic heterocycles. The Morgan fingerprint density at radius 3 is 1.67 bits per heavy atom. The van der Waals surface area contributed by atoms with Crippen molar-refractivity contribution in [3.8, 4) is 0 Å². The predicted octanol–water partition coefficient (Wildman–Crippen LogP) is 5.76. The number of hydrogen-bond donors (Lipinski definition) is 2. The van der Waals surface area contributed by atoms with Crippen LogP contribution in [0.1, 0.15) is 24.4 Å². The molecule has 27 heavy (non-hydrogen) atoms. The van der Waals surface area contributed by atoms with E-state index in [0.717, 1.165) is 14.6 Å². The Morgan fingerprint density at radius 1 is 0.704 bits per heavy atom. The van der Waals surface area contributed by atoms with E-state index < -0.39 is 17.5 Å². The maximum Gasteiger partial charge on any atom is 0.343 e. The zero-order valence-corrected chi connectivity index (χ0v) is 16.3. The molecule has 3 rings (SSSR count). The van der Waals surface area contributed by atoms with Gasteiger partial charge in [0.1, 0.15) is 5.57 Å². The van der Waals surface area contributed by atoms with Gasteiger partial charge in [-0.05, 0) is 66.1 Å². The molecular formula is C20H14O4S3. The monoisotopic (exact) mass is 414 g/mol. The average molecular weight is 415 g/mol. The zero-order chi connectivity index (χ0) is 19.2. The van der Waals surface area contributed by atoms with Crippen LogP contribution in [0.25, 0.3) is 30.4 Å². The van der Waals surface area contributed by atoms with Crippen LogP contribution in [-0.4, -0.2) is 22.2 Å². The van der Waals surface area contributed by atoms with Crippen molar-refractivity contribution in [2.45, 2.75) is 0 Å². The lowest BCUT2D eigenvalue weighted by Gasteiger charge is -1.93. The highest BCUT2D eigenvalue weighted by Crippen LogP contribution is 2.25. The SMILES string of the molecule is O=C(O)C(=Cc1ccc(/C=C/c2ccc(/C=C/c3cccs3)s2)s1)C(=O)O. The molecule has 0 saturated heterocycles. The highest BCUT2D eigenvalue weighted by Gasteiger charge is 2.16. The molecule has 0 radical (unpaired) electrons. The van der Waals surface area contributed by atoms with E-state index in [9.17, 15) is 9.59 Å². The number of carbonyl (C=O) groups is 2. The summed E-state index contributed by atoms with van der Waals surface area (Å²) < 4.78 is 0. The first-order valence-electron chi connectivity index (χ1n) is 7.79. The van der Waals surface area contributed by atoms with Gasteiger partial charge in [0.05, 0.1) is 0 Å². The number of carboxylic acids is 2. The van der Waals surface area contributed by atoms with E-state index in [0.29, 0.717) is 4.88 Å². The van der Waals surface area contributed by atoms with Gasteiger partial charge in [-0.25, -0.2) is 9.59 Å². The number of thiophene rings is 3. The Hall–Kier alpha value is -2.74. The van der Waals surface area contributed by atoms with Crippen LogP contribution < -0.4 is 0 Å². The molecule has 0 aliphatic rings. The molecule has 0 aliphatic heterocycles. The van der Waals surface area contributed by atoms with E-state index in [1.807, 2.05) is 35.7 Å². The quantitative estimate of drug-likeness (QED) is 0.293. The Morgan fingerprint density at radius 2 is 1.19 bits per heavy atom. The molecule has 3 aromatic rings. The van der Waals surface area contributed by atoms with Crippen molar-refractivity contribution in [2.75, 3.05) is 0 Å². The smallest absolute Gasteiger partial charge is 0.343 e. The van der Waals surface area contributed by atoms with Gasteiger partial charge in [-0.1, -0.05) is 6.07 Å². The molecular weight excluding hydrogens is 400 g/mol. The molecule has 7 heteroatoms. The van der Waals surface area contributed by atoms with Crippen molar-refractivity contribution < 1.29 is 19.8 Å². The highest BCUT2D eigenvalue weighted by atomic mass is 32.1. The molecule has 0 spiro atoms. The van der Waals surface area contributed by atoms with Crippen LogP contribution in [0.15, 0.2) is 47.4 Å². The van der Waals surface area contributed by atoms with E-state index >= 15 is 0 Å². The van der Waals surface area contributed by atoms with Gasteiger partial charge in [-0.15, -0.1) is 34.0 Å². The summed E-state index contributed by atoms with van der Waals surface area (Å²) in [4.78, 5) is 26.8. The Balaban J connectivity index is 1.69. The molecule has 0 saturated carbocycles. The number of aliphatic carboxylic acids is 2. The molecule has 0 fully saturated rings. The van der Waals surface area contributed by atoms with Gasteiger partial charge in [0, 0.05) is 24.4 Å². The second-order valence-corrected chi connectivity index (χ2v) is 8.60. The first kappa shape index (κ1) is 19.0. The summed E-state index contributed by atoms with van der Waals surface area (Å²) in [5, 5.41) is 19.9. The van der Waals surface area contributed by atoms with Crippen molar-refractivity contribution in [2.24, 2.45) is 0 Å². The zero-order valence-electron chi connectivity index (χ0n) is 13.9. The van der Waals surface area contributed by atoms with Gasteiger partial charge < -0.3 is 10.2 Å². The maximum absolute atomic E-state index is 10.9. The van der Waals surface area contributed by atoms with Crippen molar-refractivity contribution in [3.05, 3.63) is 71.7 Å². The molecule has 0 aliphatic carbocycles. The fourth-order valence-corrected chi connectivity index (χ4v) is 4.45. The van der Waals surface area contributed by atoms with Gasteiger partial charge in [-0.2, -0.15) is 0 Å². The molecule has 0 aromatic carbocycles. The number of rotatable bonds is 7. The van der Waals surface area contributed by atoms with Crippen LogP contribution >= 0.6 is 34.0 Å². The van der Waals surface area contributed by atoms with E-state index in [-0.39, 0.29) is 0 Å². The van der Waals surface area contributed by atoms with Gasteiger partial charge in [0.15, 0.2) is 0 Å². The Bertz CT molecular complexity index is 1020. The third-order valence-corrected chi connectivity index (χ3v) is 6.26. The van der Waals surface area contributed by atoms with Crippen molar-refractivity contribution in [1.82, 2.24) is 0 Å². The van der Waals surface area contributed by atoms with Crippen LogP contribution in [0.4, 0.5) is 0 Å². The van der Waals surface area contributed by atoms with Gasteiger partial charge in [0.2, 0.25) is 0 Å². The fraction of sp³-hybridized carbons (Fsp3) is 0. The number of hydrogen-bond acceptors (Lipinski definition) is 5.